The summed E-state index contributed by atoms with van der Waals surface area (Å²) in [5, 5.41) is 9.66. The van der Waals surface area contributed by atoms with Crippen molar-refractivity contribution in [2.45, 2.75) is 38.1 Å². The predicted octanol–water partition coefficient (Wildman–Crippen LogP) is 5.57. The van der Waals surface area contributed by atoms with Crippen LogP contribution in [0.1, 0.15) is 36.0 Å². The lowest BCUT2D eigenvalue weighted by Crippen LogP contribution is -2.37. The van der Waals surface area contributed by atoms with Gasteiger partial charge in [-0.25, -0.2) is 0 Å². The Morgan fingerprint density at radius 1 is 1.10 bits per heavy atom. The molecule has 0 saturated carbocycles. The maximum atomic E-state index is 11.8. The number of hydrogen-bond donors (Lipinski definition) is 2. The molecule has 0 spiro atoms. The van der Waals surface area contributed by atoms with E-state index in [1.165, 1.54) is 5.56 Å². The highest BCUT2D eigenvalue weighted by Gasteiger charge is 2.33. The minimum absolute atomic E-state index is 0. The van der Waals surface area contributed by atoms with E-state index >= 15 is 0 Å². The molecular formula is C25H26ClNO3. The van der Waals surface area contributed by atoms with Crippen LogP contribution >= 0.6 is 12.4 Å². The van der Waals surface area contributed by atoms with E-state index in [9.17, 15) is 9.90 Å². The summed E-state index contributed by atoms with van der Waals surface area (Å²) in [4.78, 5) is 11.8. The van der Waals surface area contributed by atoms with Gasteiger partial charge in [0.2, 0.25) is 0 Å². The molecule has 3 N–H and O–H groups in total. The maximum Gasteiger partial charge on any atom is 0.312 e. The smallest absolute Gasteiger partial charge is 0.312 e. The second kappa shape index (κ2) is 9.33. The highest BCUT2D eigenvalue weighted by Crippen LogP contribution is 2.37. The molecule has 0 radical (unpaired) electrons. The average Bonchev–Trinajstić information content (AvgIpc) is 2.73. The van der Waals surface area contributed by atoms with Crippen molar-refractivity contribution >= 4 is 18.4 Å². The molecule has 1 aliphatic rings. The molecule has 156 valence electrons. The highest BCUT2D eigenvalue weighted by atomic mass is 35.5. The molecule has 4 rings (SSSR count). The topological polar surface area (TPSA) is 72.5 Å². The Morgan fingerprint density at radius 2 is 1.90 bits per heavy atom. The van der Waals surface area contributed by atoms with Gasteiger partial charge in [-0.2, -0.15) is 0 Å². The van der Waals surface area contributed by atoms with Crippen molar-refractivity contribution in [2.24, 2.45) is 5.73 Å². The number of fused-ring (bicyclic) bond motifs is 1. The predicted molar refractivity (Wildman–Crippen MR) is 122 cm³/mol. The third-order valence-corrected chi connectivity index (χ3v) is 5.65. The Morgan fingerprint density at radius 3 is 2.67 bits per heavy atom. The molecule has 5 heteroatoms. The molecule has 4 nitrogen and oxygen atoms in total. The van der Waals surface area contributed by atoms with Crippen LogP contribution in [0, 0.1) is 0 Å². The summed E-state index contributed by atoms with van der Waals surface area (Å²) in [6.07, 6.45) is 2.44. The zero-order valence-corrected chi connectivity index (χ0v) is 17.7. The largest absolute Gasteiger partial charge is 0.481 e. The maximum absolute atomic E-state index is 11.8. The van der Waals surface area contributed by atoms with Crippen molar-refractivity contribution in [1.82, 2.24) is 0 Å². The Hall–Kier alpha value is -2.82. The zero-order valence-electron chi connectivity index (χ0n) is 16.9. The van der Waals surface area contributed by atoms with E-state index in [-0.39, 0.29) is 18.4 Å². The summed E-state index contributed by atoms with van der Waals surface area (Å²) in [7, 11) is 0. The van der Waals surface area contributed by atoms with Gasteiger partial charge in [-0.15, -0.1) is 12.4 Å². The number of carbonyl (C=O) groups is 1. The van der Waals surface area contributed by atoms with Crippen molar-refractivity contribution in [3.63, 3.8) is 0 Å². The third kappa shape index (κ3) is 4.35. The van der Waals surface area contributed by atoms with Crippen LogP contribution in [-0.2, 0) is 17.6 Å². The molecule has 1 aliphatic carbocycles. The lowest BCUT2D eigenvalue weighted by molar-refractivity contribution is -0.139. The van der Waals surface area contributed by atoms with Gasteiger partial charge in [0.15, 0.2) is 0 Å². The number of para-hydroxylation sites is 1. The quantitative estimate of drug-likeness (QED) is 0.562. The first kappa shape index (κ1) is 21.9. The van der Waals surface area contributed by atoms with Crippen LogP contribution in [-0.4, -0.2) is 17.1 Å². The lowest BCUT2D eigenvalue weighted by Gasteiger charge is -2.28. The highest BCUT2D eigenvalue weighted by molar-refractivity contribution is 5.85. The van der Waals surface area contributed by atoms with E-state index in [4.69, 9.17) is 10.5 Å². The van der Waals surface area contributed by atoms with Gasteiger partial charge in [-0.3, -0.25) is 4.79 Å². The molecule has 2 unspecified atom stereocenters. The Balaban J connectivity index is 0.00000256. The van der Waals surface area contributed by atoms with Gasteiger partial charge in [-0.05, 0) is 59.7 Å². The fourth-order valence-corrected chi connectivity index (χ4v) is 4.07. The number of ether oxygens (including phenoxy) is 1. The number of benzene rings is 3. The molecule has 0 saturated heterocycles. The van der Waals surface area contributed by atoms with Crippen molar-refractivity contribution in [3.8, 4) is 22.6 Å². The van der Waals surface area contributed by atoms with Crippen LogP contribution < -0.4 is 10.5 Å². The van der Waals surface area contributed by atoms with Gasteiger partial charge >= 0.3 is 5.97 Å². The monoisotopic (exact) mass is 423 g/mol. The molecule has 0 fully saturated rings. The van der Waals surface area contributed by atoms with Gasteiger partial charge in [0.25, 0.3) is 0 Å². The summed E-state index contributed by atoms with van der Waals surface area (Å²) in [6, 6.07) is 21.7. The lowest BCUT2D eigenvalue weighted by atomic mass is 9.79. The van der Waals surface area contributed by atoms with Crippen molar-refractivity contribution in [3.05, 3.63) is 83.4 Å². The third-order valence-electron chi connectivity index (χ3n) is 5.65. The average molecular weight is 424 g/mol. The molecule has 30 heavy (non-hydrogen) atoms. The summed E-state index contributed by atoms with van der Waals surface area (Å²) in [6.45, 7) is 2.14. The molecule has 0 heterocycles. The van der Waals surface area contributed by atoms with Gasteiger partial charge in [-0.1, -0.05) is 55.5 Å². The van der Waals surface area contributed by atoms with Crippen LogP contribution in [0.4, 0.5) is 0 Å². The summed E-state index contributed by atoms with van der Waals surface area (Å²) < 4.78 is 6.23. The van der Waals surface area contributed by atoms with Crippen LogP contribution in [0.5, 0.6) is 11.5 Å². The first-order valence-electron chi connectivity index (χ1n) is 10.0. The van der Waals surface area contributed by atoms with Crippen molar-refractivity contribution < 1.29 is 14.6 Å². The van der Waals surface area contributed by atoms with Gasteiger partial charge in [0.05, 0.1) is 5.92 Å². The fourth-order valence-electron chi connectivity index (χ4n) is 4.07. The second-order valence-corrected chi connectivity index (χ2v) is 7.53. The molecular weight excluding hydrogens is 398 g/mol. The molecule has 3 aromatic carbocycles. The number of aliphatic carboxylic acids is 1. The summed E-state index contributed by atoms with van der Waals surface area (Å²) >= 11 is 0. The van der Waals surface area contributed by atoms with E-state index in [1.807, 2.05) is 42.5 Å². The number of nitrogens with two attached hydrogens (primary N) is 1. The normalized spacial score (nSPS) is 17.5. The van der Waals surface area contributed by atoms with Crippen LogP contribution in [0.3, 0.4) is 0 Å². The Bertz CT molecular complexity index is 1050. The first-order valence-corrected chi connectivity index (χ1v) is 10.0. The second-order valence-electron chi connectivity index (χ2n) is 7.53. The Labute approximate surface area is 183 Å². The molecule has 2 atom stereocenters. The van der Waals surface area contributed by atoms with E-state index in [1.54, 1.807) is 0 Å². The van der Waals surface area contributed by atoms with E-state index in [0.29, 0.717) is 12.2 Å². The number of carboxylic acid groups (broad SMARTS) is 1. The molecule has 0 aromatic heterocycles. The van der Waals surface area contributed by atoms with Crippen LogP contribution in [0.15, 0.2) is 66.7 Å². The number of rotatable bonds is 5. The number of carboxylic acids is 1. The van der Waals surface area contributed by atoms with E-state index in [2.05, 4.69) is 31.2 Å². The molecule has 0 bridgehead atoms. The van der Waals surface area contributed by atoms with Gasteiger partial charge in [0, 0.05) is 11.6 Å². The fraction of sp³-hybridized carbons (Fsp3) is 0.240. The zero-order chi connectivity index (χ0) is 20.4. The summed E-state index contributed by atoms with van der Waals surface area (Å²) in [5.41, 5.74) is 11.3. The minimum atomic E-state index is -0.882. The standard InChI is InChI=1S/C25H25NO3.ClH/c1-2-16-6-5-7-18(14-16)20-8-3-4-9-23(20)29-19-12-10-17-11-13-22(26)24(25(27)28)21(17)15-19;/h3-10,12,14-15,22,24H,2,11,13,26H2,1H3,(H,27,28);1H. The number of aryl methyl sites for hydroxylation is 2. The molecule has 0 aliphatic heterocycles. The Kier molecular flexibility index (Phi) is 6.80. The number of halogens is 1. The van der Waals surface area contributed by atoms with E-state index < -0.39 is 11.9 Å². The SMILES string of the molecule is CCc1cccc(-c2ccccc2Oc2ccc3c(c2)C(C(=O)O)C(N)CC3)c1.Cl. The van der Waals surface area contributed by atoms with Crippen molar-refractivity contribution in [1.29, 1.82) is 0 Å². The molecule has 0 amide bonds. The van der Waals surface area contributed by atoms with E-state index in [0.717, 1.165) is 40.8 Å². The first-order chi connectivity index (χ1) is 14.1. The minimum Gasteiger partial charge on any atom is -0.481 e. The van der Waals surface area contributed by atoms with Gasteiger partial charge < -0.3 is 15.6 Å². The molecule has 3 aromatic rings. The van der Waals surface area contributed by atoms with Crippen molar-refractivity contribution in [2.75, 3.05) is 0 Å². The summed E-state index contributed by atoms with van der Waals surface area (Å²) in [5.74, 6) is -0.206. The number of hydrogen-bond acceptors (Lipinski definition) is 3. The van der Waals surface area contributed by atoms with Crippen LogP contribution in [0.2, 0.25) is 0 Å². The van der Waals surface area contributed by atoms with Crippen LogP contribution in [0.25, 0.3) is 11.1 Å². The van der Waals surface area contributed by atoms with Gasteiger partial charge in [0.1, 0.15) is 11.5 Å².